The zero-order valence-corrected chi connectivity index (χ0v) is 14.7. The first-order valence-electron chi connectivity index (χ1n) is 7.62. The molecule has 1 fully saturated rings. The number of nitrogens with one attached hydrogen (secondary N) is 1. The summed E-state index contributed by atoms with van der Waals surface area (Å²) in [7, 11) is 3.97. The molecule has 1 aliphatic rings. The van der Waals surface area contributed by atoms with E-state index in [4.69, 9.17) is 0 Å². The Bertz CT molecular complexity index is 493. The Kier molecular flexibility index (Phi) is 5.31. The maximum absolute atomic E-state index is 12.6. The highest BCUT2D eigenvalue weighted by molar-refractivity contribution is 9.09. The number of benzene rings is 1. The highest BCUT2D eigenvalue weighted by atomic mass is 79.9. The van der Waals surface area contributed by atoms with Crippen LogP contribution >= 0.6 is 15.9 Å². The van der Waals surface area contributed by atoms with E-state index in [2.05, 4.69) is 28.2 Å². The van der Waals surface area contributed by atoms with Crippen LogP contribution in [0.15, 0.2) is 24.3 Å². The molecule has 0 unspecified atom stereocenters. The molecule has 4 heteroatoms. The summed E-state index contributed by atoms with van der Waals surface area (Å²) in [6.45, 7) is 2.29. The fraction of sp³-hybridized carbons (Fsp3) is 0.588. The molecule has 116 valence electrons. The maximum atomic E-state index is 12.6. The molecule has 1 N–H and O–H groups in total. The number of rotatable bonds is 4. The molecule has 0 aliphatic heterocycles. The Morgan fingerprint density at radius 3 is 2.62 bits per heavy atom. The fourth-order valence-electron chi connectivity index (χ4n) is 2.85. The lowest BCUT2D eigenvalue weighted by atomic mass is 9.78. The molecule has 21 heavy (non-hydrogen) atoms. The minimum absolute atomic E-state index is 0.0349. The second-order valence-corrected chi connectivity index (χ2v) is 7.06. The number of carbonyl (C=O) groups is 1. The van der Waals surface area contributed by atoms with Crippen LogP contribution in [0.4, 0.5) is 5.69 Å². The quantitative estimate of drug-likeness (QED) is 0.835. The van der Waals surface area contributed by atoms with E-state index in [-0.39, 0.29) is 11.4 Å². The number of alkyl halides is 1. The van der Waals surface area contributed by atoms with Gasteiger partial charge in [0.15, 0.2) is 0 Å². The molecule has 0 saturated heterocycles. The van der Waals surface area contributed by atoms with Crippen LogP contribution in [0.25, 0.3) is 0 Å². The predicted molar refractivity (Wildman–Crippen MR) is 92.4 cm³/mol. The van der Waals surface area contributed by atoms with Crippen LogP contribution in [0, 0.1) is 5.92 Å². The zero-order chi connectivity index (χ0) is 15.5. The lowest BCUT2D eigenvalue weighted by Gasteiger charge is -2.39. The first kappa shape index (κ1) is 16.3. The van der Waals surface area contributed by atoms with Gasteiger partial charge in [0, 0.05) is 30.7 Å². The van der Waals surface area contributed by atoms with Crippen LogP contribution in [0.1, 0.15) is 43.0 Å². The van der Waals surface area contributed by atoms with E-state index in [1.807, 2.05) is 43.3 Å². The van der Waals surface area contributed by atoms with Crippen molar-refractivity contribution in [1.29, 1.82) is 0 Å². The Labute approximate surface area is 136 Å². The predicted octanol–water partition coefficient (Wildman–Crippen LogP) is 3.83. The minimum atomic E-state index is -0.0856. The van der Waals surface area contributed by atoms with Gasteiger partial charge in [-0.1, -0.05) is 28.9 Å². The van der Waals surface area contributed by atoms with Gasteiger partial charge in [-0.2, -0.15) is 0 Å². The highest BCUT2D eigenvalue weighted by Gasteiger charge is 2.34. The van der Waals surface area contributed by atoms with Gasteiger partial charge in [-0.25, -0.2) is 0 Å². The number of carbonyl (C=O) groups excluding carboxylic acids is 1. The van der Waals surface area contributed by atoms with E-state index in [0.29, 0.717) is 0 Å². The zero-order valence-electron chi connectivity index (χ0n) is 13.2. The molecule has 0 heterocycles. The molecule has 1 saturated carbocycles. The van der Waals surface area contributed by atoms with Crippen LogP contribution in [0.5, 0.6) is 0 Å². The number of hydrogen-bond acceptors (Lipinski definition) is 2. The number of halogens is 1. The van der Waals surface area contributed by atoms with E-state index in [1.165, 1.54) is 12.8 Å². The number of amides is 1. The minimum Gasteiger partial charge on any atom is -0.378 e. The van der Waals surface area contributed by atoms with Gasteiger partial charge in [0.05, 0.1) is 5.54 Å². The van der Waals surface area contributed by atoms with Gasteiger partial charge in [-0.15, -0.1) is 0 Å². The molecule has 1 aromatic rings. The highest BCUT2D eigenvalue weighted by Crippen LogP contribution is 2.33. The number of nitrogens with zero attached hydrogens (tertiary/aromatic N) is 1. The molecule has 0 aromatic heterocycles. The lowest BCUT2D eigenvalue weighted by Crippen LogP contribution is -2.52. The Hall–Kier alpha value is -1.03. The van der Waals surface area contributed by atoms with Crippen molar-refractivity contribution in [2.45, 2.75) is 38.1 Å². The smallest absolute Gasteiger partial charge is 0.251 e. The van der Waals surface area contributed by atoms with Crippen LogP contribution < -0.4 is 10.2 Å². The topological polar surface area (TPSA) is 32.3 Å². The van der Waals surface area contributed by atoms with Crippen molar-refractivity contribution in [1.82, 2.24) is 5.32 Å². The second-order valence-electron chi connectivity index (χ2n) is 6.50. The van der Waals surface area contributed by atoms with Gasteiger partial charge < -0.3 is 10.2 Å². The summed E-state index contributed by atoms with van der Waals surface area (Å²) in [6, 6.07) is 7.78. The summed E-state index contributed by atoms with van der Waals surface area (Å²) >= 11 is 3.60. The molecule has 2 rings (SSSR count). The van der Waals surface area contributed by atoms with Gasteiger partial charge >= 0.3 is 0 Å². The summed E-state index contributed by atoms with van der Waals surface area (Å²) < 4.78 is 0. The summed E-state index contributed by atoms with van der Waals surface area (Å²) in [4.78, 5) is 14.6. The molecule has 3 nitrogen and oxygen atoms in total. The third kappa shape index (κ3) is 4.00. The number of hydrogen-bond donors (Lipinski definition) is 1. The summed E-state index contributed by atoms with van der Waals surface area (Å²) in [5, 5.41) is 4.11. The third-order valence-corrected chi connectivity index (χ3v) is 5.56. The summed E-state index contributed by atoms with van der Waals surface area (Å²) in [5.74, 6) is 0.804. The molecular weight excluding hydrogens is 328 g/mol. The van der Waals surface area contributed by atoms with Crippen molar-refractivity contribution in [3.05, 3.63) is 29.8 Å². The van der Waals surface area contributed by atoms with Crippen LogP contribution in [-0.4, -0.2) is 30.9 Å². The molecular formula is C17H25BrN2O. The SMILES string of the molecule is CC1CCC(CBr)(NC(=O)c2cccc(N(C)C)c2)CC1. The van der Waals surface area contributed by atoms with Crippen molar-refractivity contribution < 1.29 is 4.79 Å². The van der Waals surface area contributed by atoms with E-state index >= 15 is 0 Å². The summed E-state index contributed by atoms with van der Waals surface area (Å²) in [6.07, 6.45) is 4.48. The molecule has 1 amide bonds. The van der Waals surface area contributed by atoms with E-state index in [1.54, 1.807) is 0 Å². The monoisotopic (exact) mass is 352 g/mol. The van der Waals surface area contributed by atoms with Gasteiger partial charge in [0.2, 0.25) is 0 Å². The first-order valence-corrected chi connectivity index (χ1v) is 8.74. The summed E-state index contributed by atoms with van der Waals surface area (Å²) in [5.41, 5.74) is 1.70. The molecule has 0 radical (unpaired) electrons. The number of anilines is 1. The molecule has 1 aromatic carbocycles. The average Bonchev–Trinajstić information content (AvgIpc) is 2.50. The maximum Gasteiger partial charge on any atom is 0.251 e. The average molecular weight is 353 g/mol. The van der Waals surface area contributed by atoms with Crippen LogP contribution in [0.3, 0.4) is 0 Å². The van der Waals surface area contributed by atoms with Crippen molar-refractivity contribution >= 4 is 27.5 Å². The van der Waals surface area contributed by atoms with Gasteiger partial charge in [0.1, 0.15) is 0 Å². The largest absolute Gasteiger partial charge is 0.378 e. The standard InChI is InChI=1S/C17H25BrN2O/c1-13-7-9-17(12-18,10-8-13)19-16(21)14-5-4-6-15(11-14)20(2)3/h4-6,11,13H,7-10,12H2,1-3H3,(H,19,21). The second kappa shape index (κ2) is 6.82. The first-order chi connectivity index (χ1) is 9.96. The fourth-order valence-corrected chi connectivity index (χ4v) is 3.55. The lowest BCUT2D eigenvalue weighted by molar-refractivity contribution is 0.0874. The van der Waals surface area contributed by atoms with Crippen molar-refractivity contribution in [3.63, 3.8) is 0 Å². The van der Waals surface area contributed by atoms with Gasteiger partial charge in [-0.05, 0) is 49.8 Å². The normalized spacial score (nSPS) is 25.4. The van der Waals surface area contributed by atoms with Gasteiger partial charge in [0.25, 0.3) is 5.91 Å². The Morgan fingerprint density at radius 1 is 1.38 bits per heavy atom. The third-order valence-electron chi connectivity index (χ3n) is 4.49. The van der Waals surface area contributed by atoms with Crippen molar-refractivity contribution in [3.8, 4) is 0 Å². The van der Waals surface area contributed by atoms with Crippen LogP contribution in [-0.2, 0) is 0 Å². The molecule has 0 spiro atoms. The molecule has 0 atom stereocenters. The van der Waals surface area contributed by atoms with Crippen LogP contribution in [0.2, 0.25) is 0 Å². The van der Waals surface area contributed by atoms with E-state index in [0.717, 1.165) is 35.3 Å². The van der Waals surface area contributed by atoms with E-state index < -0.39 is 0 Å². The Balaban J connectivity index is 2.11. The Morgan fingerprint density at radius 2 is 2.05 bits per heavy atom. The van der Waals surface area contributed by atoms with Crippen molar-refractivity contribution in [2.75, 3.05) is 24.3 Å². The van der Waals surface area contributed by atoms with Gasteiger partial charge in [-0.3, -0.25) is 4.79 Å². The molecule has 0 bridgehead atoms. The molecule has 1 aliphatic carbocycles. The van der Waals surface area contributed by atoms with Crippen molar-refractivity contribution in [2.24, 2.45) is 5.92 Å². The van der Waals surface area contributed by atoms with E-state index in [9.17, 15) is 4.79 Å².